The van der Waals surface area contributed by atoms with E-state index < -0.39 is 0 Å². The molecule has 0 bridgehead atoms. The molecule has 0 fully saturated rings. The first-order chi connectivity index (χ1) is 9.92. The molecule has 2 atom stereocenters. The summed E-state index contributed by atoms with van der Waals surface area (Å²) in [5.41, 5.74) is 2.27. The van der Waals surface area contributed by atoms with Gasteiger partial charge in [0.15, 0.2) is 5.13 Å². The zero-order valence-corrected chi connectivity index (χ0v) is 15.2. The molecule has 2 rings (SSSR count). The summed E-state index contributed by atoms with van der Waals surface area (Å²) in [7, 11) is 0. The minimum Gasteiger partial charge on any atom is -0.301 e. The van der Waals surface area contributed by atoms with E-state index in [4.69, 9.17) is 0 Å². The van der Waals surface area contributed by atoms with Crippen molar-refractivity contribution < 1.29 is 4.79 Å². The minimum atomic E-state index is -0.194. The maximum absolute atomic E-state index is 12.1. The number of hydrogen-bond acceptors (Lipinski definition) is 3. The fourth-order valence-corrected chi connectivity index (χ4v) is 3.05. The van der Waals surface area contributed by atoms with Crippen LogP contribution >= 0.6 is 27.3 Å². The summed E-state index contributed by atoms with van der Waals surface area (Å²) < 4.78 is 1.12. The van der Waals surface area contributed by atoms with Crippen LogP contribution in [0.2, 0.25) is 0 Å². The molecule has 0 saturated carbocycles. The highest BCUT2D eigenvalue weighted by atomic mass is 79.9. The van der Waals surface area contributed by atoms with Gasteiger partial charge in [0.05, 0.1) is 15.0 Å². The number of nitrogens with zero attached hydrogens (tertiary/aromatic N) is 1. The standard InChI is InChI=1S/C16H21BrN2OS/c1-5-10(4)11-6-7-12-13(8-11)21-16(18-12)19-15(20)14(17)9(2)3/h6-10,14H,5H2,1-4H3,(H,18,19,20). The van der Waals surface area contributed by atoms with E-state index in [1.165, 1.54) is 16.9 Å². The lowest BCUT2D eigenvalue weighted by Crippen LogP contribution is -2.26. The lowest BCUT2D eigenvalue weighted by molar-refractivity contribution is -0.116. The molecule has 0 saturated heterocycles. The molecule has 0 radical (unpaired) electrons. The van der Waals surface area contributed by atoms with Crippen LogP contribution in [0, 0.1) is 5.92 Å². The van der Waals surface area contributed by atoms with Gasteiger partial charge in [-0.1, -0.05) is 61.0 Å². The van der Waals surface area contributed by atoms with Gasteiger partial charge in [0.1, 0.15) is 0 Å². The van der Waals surface area contributed by atoms with Crippen LogP contribution < -0.4 is 5.32 Å². The van der Waals surface area contributed by atoms with Crippen molar-refractivity contribution in [3.8, 4) is 0 Å². The van der Waals surface area contributed by atoms with Crippen molar-refractivity contribution in [1.29, 1.82) is 0 Å². The normalized spacial score (nSPS) is 14.4. The van der Waals surface area contributed by atoms with Crippen LogP contribution in [0.4, 0.5) is 5.13 Å². The van der Waals surface area contributed by atoms with Crippen LogP contribution in [0.3, 0.4) is 0 Å². The summed E-state index contributed by atoms with van der Waals surface area (Å²) in [5, 5.41) is 3.56. The van der Waals surface area contributed by atoms with Crippen LogP contribution in [0.15, 0.2) is 18.2 Å². The first kappa shape index (κ1) is 16.4. The Bertz CT molecular complexity index is 638. The van der Waals surface area contributed by atoms with Crippen LogP contribution in [-0.2, 0) is 4.79 Å². The van der Waals surface area contributed by atoms with Crippen molar-refractivity contribution in [3.63, 3.8) is 0 Å². The van der Waals surface area contributed by atoms with Gasteiger partial charge < -0.3 is 5.32 Å². The Morgan fingerprint density at radius 3 is 2.71 bits per heavy atom. The number of aromatic nitrogens is 1. The molecule has 5 heteroatoms. The molecule has 2 unspecified atom stereocenters. The maximum atomic E-state index is 12.1. The Morgan fingerprint density at radius 2 is 2.10 bits per heavy atom. The predicted octanol–water partition coefficient (Wildman–Crippen LogP) is 5.17. The van der Waals surface area contributed by atoms with Crippen molar-refractivity contribution in [1.82, 2.24) is 4.98 Å². The lowest BCUT2D eigenvalue weighted by Gasteiger charge is -2.11. The van der Waals surface area contributed by atoms with Gasteiger partial charge in [-0.05, 0) is 36.0 Å². The largest absolute Gasteiger partial charge is 0.301 e. The van der Waals surface area contributed by atoms with Gasteiger partial charge in [-0.25, -0.2) is 4.98 Å². The van der Waals surface area contributed by atoms with Crippen molar-refractivity contribution in [2.45, 2.75) is 44.9 Å². The van der Waals surface area contributed by atoms with Crippen molar-refractivity contribution in [3.05, 3.63) is 23.8 Å². The third kappa shape index (κ3) is 3.83. The molecule has 3 nitrogen and oxygen atoms in total. The van der Waals surface area contributed by atoms with E-state index in [9.17, 15) is 4.79 Å². The number of halogens is 1. The molecule has 0 aliphatic heterocycles. The Hall–Kier alpha value is -0.940. The highest BCUT2D eigenvalue weighted by molar-refractivity contribution is 9.10. The van der Waals surface area contributed by atoms with Crippen LogP contribution in [0.25, 0.3) is 10.2 Å². The second-order valence-corrected chi connectivity index (χ2v) is 7.71. The summed E-state index contributed by atoms with van der Waals surface area (Å²) in [4.78, 5) is 16.4. The van der Waals surface area contributed by atoms with Crippen molar-refractivity contribution >= 4 is 48.5 Å². The van der Waals surface area contributed by atoms with Crippen LogP contribution in [-0.4, -0.2) is 15.7 Å². The topological polar surface area (TPSA) is 42.0 Å². The predicted molar refractivity (Wildman–Crippen MR) is 94.5 cm³/mol. The first-order valence-corrected chi connectivity index (χ1v) is 9.01. The molecule has 1 amide bonds. The average Bonchev–Trinajstić information content (AvgIpc) is 2.86. The van der Waals surface area contributed by atoms with Gasteiger partial charge in [-0.15, -0.1) is 0 Å². The highest BCUT2D eigenvalue weighted by Gasteiger charge is 2.20. The van der Waals surface area contributed by atoms with Crippen LogP contribution in [0.1, 0.15) is 45.6 Å². The molecule has 1 heterocycles. The minimum absolute atomic E-state index is 0.0359. The van der Waals surface area contributed by atoms with Gasteiger partial charge in [0, 0.05) is 0 Å². The number of carbonyl (C=O) groups is 1. The number of hydrogen-bond donors (Lipinski definition) is 1. The summed E-state index contributed by atoms with van der Waals surface area (Å²) in [6, 6.07) is 6.35. The summed E-state index contributed by atoms with van der Waals surface area (Å²) in [6.07, 6.45) is 1.12. The highest BCUT2D eigenvalue weighted by Crippen LogP contribution is 2.30. The average molecular weight is 369 g/mol. The molecule has 0 spiro atoms. The van der Waals surface area contributed by atoms with E-state index in [0.29, 0.717) is 11.0 Å². The van der Waals surface area contributed by atoms with Gasteiger partial charge in [-0.3, -0.25) is 4.79 Å². The molecule has 0 aliphatic rings. The van der Waals surface area contributed by atoms with Crippen LogP contribution in [0.5, 0.6) is 0 Å². The molecular weight excluding hydrogens is 348 g/mol. The number of benzene rings is 1. The molecule has 1 N–H and O–H groups in total. The zero-order valence-electron chi connectivity index (χ0n) is 12.8. The number of amides is 1. The molecule has 114 valence electrons. The summed E-state index contributed by atoms with van der Waals surface area (Å²) in [6.45, 7) is 8.43. The van der Waals surface area contributed by atoms with E-state index in [1.54, 1.807) is 0 Å². The second kappa shape index (κ2) is 6.88. The number of thiazole rings is 1. The smallest absolute Gasteiger partial charge is 0.240 e. The molecule has 0 aliphatic carbocycles. The number of rotatable bonds is 5. The number of fused-ring (bicyclic) bond motifs is 1. The number of carbonyl (C=O) groups excluding carboxylic acids is 1. The molecule has 1 aromatic heterocycles. The van der Waals surface area contributed by atoms with E-state index in [2.05, 4.69) is 52.2 Å². The Morgan fingerprint density at radius 1 is 1.38 bits per heavy atom. The summed E-state index contributed by atoms with van der Waals surface area (Å²) in [5.74, 6) is 0.755. The molecule has 1 aromatic carbocycles. The fraction of sp³-hybridized carbons (Fsp3) is 0.500. The van der Waals surface area contributed by atoms with Gasteiger partial charge in [0.25, 0.3) is 0 Å². The molecular formula is C16H21BrN2OS. The van der Waals surface area contributed by atoms with E-state index in [0.717, 1.165) is 16.6 Å². The Kier molecular flexibility index (Phi) is 5.38. The summed E-state index contributed by atoms with van der Waals surface area (Å²) >= 11 is 4.95. The molecule has 21 heavy (non-hydrogen) atoms. The van der Waals surface area contributed by atoms with Gasteiger partial charge >= 0.3 is 0 Å². The van der Waals surface area contributed by atoms with Crippen molar-refractivity contribution in [2.75, 3.05) is 5.32 Å². The maximum Gasteiger partial charge on any atom is 0.240 e. The SMILES string of the molecule is CCC(C)c1ccc2nc(NC(=O)C(Br)C(C)C)sc2c1. The quantitative estimate of drug-likeness (QED) is 0.739. The fourth-order valence-electron chi connectivity index (χ4n) is 2.01. The second-order valence-electron chi connectivity index (χ2n) is 5.69. The lowest BCUT2D eigenvalue weighted by atomic mass is 9.99. The first-order valence-electron chi connectivity index (χ1n) is 7.27. The third-order valence-corrected chi connectivity index (χ3v) is 6.07. The van der Waals surface area contributed by atoms with Gasteiger partial charge in [-0.2, -0.15) is 0 Å². The molecule has 2 aromatic rings. The Labute approximate surface area is 138 Å². The van der Waals surface area contributed by atoms with E-state index in [1.807, 2.05) is 19.9 Å². The van der Waals surface area contributed by atoms with Gasteiger partial charge in [0.2, 0.25) is 5.91 Å². The van der Waals surface area contributed by atoms with E-state index in [-0.39, 0.29) is 16.7 Å². The number of anilines is 1. The third-order valence-electron chi connectivity index (χ3n) is 3.66. The monoisotopic (exact) mass is 368 g/mol. The Balaban J connectivity index is 2.21. The zero-order chi connectivity index (χ0) is 15.6. The van der Waals surface area contributed by atoms with Crippen molar-refractivity contribution in [2.24, 2.45) is 5.92 Å². The van der Waals surface area contributed by atoms with E-state index >= 15 is 0 Å². The number of nitrogens with one attached hydrogen (secondary N) is 1. The number of alkyl halides is 1.